The van der Waals surface area contributed by atoms with Gasteiger partial charge in [-0.15, -0.1) is 0 Å². The lowest BCUT2D eigenvalue weighted by Crippen LogP contribution is -2.43. The molecule has 0 aromatic heterocycles. The standard InChI is InChI=1S/C17H19NO5S2/c1-3-4-5-11(16(21)22)18-15(20)14(25-17(18)24)9-10-6-7-12(19)13(8-10)23-2/h6-9,11,19H,3-5H2,1-2H3,(H,21,22)/b14-9-. The van der Waals surface area contributed by atoms with Crippen LogP contribution in [0.5, 0.6) is 11.5 Å². The van der Waals surface area contributed by atoms with Gasteiger partial charge in [0.1, 0.15) is 10.4 Å². The number of phenolic OH excluding ortho intramolecular Hbond substituents is 1. The third-order valence-electron chi connectivity index (χ3n) is 3.75. The van der Waals surface area contributed by atoms with E-state index in [0.29, 0.717) is 23.3 Å². The van der Waals surface area contributed by atoms with Crippen molar-refractivity contribution in [3.05, 3.63) is 28.7 Å². The average molecular weight is 381 g/mol. The molecule has 1 atom stereocenters. The molecule has 6 nitrogen and oxygen atoms in total. The number of aliphatic carboxylic acids is 1. The number of methoxy groups -OCH3 is 1. The first-order chi connectivity index (χ1) is 11.9. The molecule has 0 aliphatic carbocycles. The van der Waals surface area contributed by atoms with E-state index >= 15 is 0 Å². The number of rotatable bonds is 7. The zero-order valence-electron chi connectivity index (χ0n) is 13.9. The Morgan fingerprint density at radius 2 is 2.20 bits per heavy atom. The van der Waals surface area contributed by atoms with Crippen LogP contribution in [0.15, 0.2) is 23.1 Å². The molecule has 2 rings (SSSR count). The molecule has 134 valence electrons. The van der Waals surface area contributed by atoms with Crippen LogP contribution in [-0.2, 0) is 9.59 Å². The van der Waals surface area contributed by atoms with Crippen LogP contribution in [-0.4, -0.2) is 44.5 Å². The maximum atomic E-state index is 12.7. The van der Waals surface area contributed by atoms with Crippen LogP contribution in [0.2, 0.25) is 0 Å². The molecule has 8 heteroatoms. The van der Waals surface area contributed by atoms with Gasteiger partial charge in [-0.25, -0.2) is 4.79 Å². The normalized spacial score (nSPS) is 17.2. The second-order valence-corrected chi connectivity index (χ2v) is 7.16. The van der Waals surface area contributed by atoms with E-state index in [4.69, 9.17) is 17.0 Å². The zero-order chi connectivity index (χ0) is 18.6. The van der Waals surface area contributed by atoms with Gasteiger partial charge in [0.25, 0.3) is 5.91 Å². The maximum absolute atomic E-state index is 12.7. The van der Waals surface area contributed by atoms with Crippen LogP contribution in [0.4, 0.5) is 0 Å². The summed E-state index contributed by atoms with van der Waals surface area (Å²) >= 11 is 6.30. The van der Waals surface area contributed by atoms with Crippen LogP contribution in [0, 0.1) is 0 Å². The molecule has 1 amide bonds. The summed E-state index contributed by atoms with van der Waals surface area (Å²) < 4.78 is 5.29. The van der Waals surface area contributed by atoms with Crippen LogP contribution in [0.1, 0.15) is 31.7 Å². The third-order valence-corrected chi connectivity index (χ3v) is 5.08. The lowest BCUT2D eigenvalue weighted by Gasteiger charge is -2.22. The maximum Gasteiger partial charge on any atom is 0.326 e. The predicted octanol–water partition coefficient (Wildman–Crippen LogP) is 3.25. The molecule has 0 radical (unpaired) electrons. The molecule has 0 saturated carbocycles. The van der Waals surface area contributed by atoms with Gasteiger partial charge in [-0.05, 0) is 30.2 Å². The van der Waals surface area contributed by atoms with Crippen molar-refractivity contribution in [1.82, 2.24) is 4.90 Å². The number of ether oxygens (including phenoxy) is 1. The molecule has 1 aliphatic heterocycles. The minimum absolute atomic E-state index is 0.00212. The number of carboxylic acid groups (broad SMARTS) is 1. The number of aromatic hydroxyl groups is 1. The molecule has 1 aromatic carbocycles. The van der Waals surface area contributed by atoms with Gasteiger partial charge >= 0.3 is 5.97 Å². The van der Waals surface area contributed by atoms with Crippen molar-refractivity contribution < 1.29 is 24.5 Å². The fourth-order valence-corrected chi connectivity index (χ4v) is 3.80. The largest absolute Gasteiger partial charge is 0.504 e. The summed E-state index contributed by atoms with van der Waals surface area (Å²) in [4.78, 5) is 25.7. The van der Waals surface area contributed by atoms with Crippen LogP contribution in [0.3, 0.4) is 0 Å². The van der Waals surface area contributed by atoms with Crippen LogP contribution >= 0.6 is 24.0 Å². The summed E-state index contributed by atoms with van der Waals surface area (Å²) in [6, 6.07) is 3.74. The Balaban J connectivity index is 2.29. The quantitative estimate of drug-likeness (QED) is 0.554. The van der Waals surface area contributed by atoms with E-state index in [1.54, 1.807) is 18.2 Å². The molecule has 0 spiro atoms. The Kier molecular flexibility index (Phi) is 6.44. The number of unbranched alkanes of at least 4 members (excludes halogenated alkanes) is 1. The number of carboxylic acids is 1. The van der Waals surface area contributed by atoms with E-state index in [2.05, 4.69) is 0 Å². The highest BCUT2D eigenvalue weighted by Gasteiger charge is 2.40. The lowest BCUT2D eigenvalue weighted by molar-refractivity contribution is -0.145. The highest BCUT2D eigenvalue weighted by molar-refractivity contribution is 8.26. The molecule has 1 heterocycles. The topological polar surface area (TPSA) is 87.1 Å². The zero-order valence-corrected chi connectivity index (χ0v) is 15.5. The summed E-state index contributed by atoms with van der Waals surface area (Å²) in [5.74, 6) is -1.18. The van der Waals surface area contributed by atoms with Crippen molar-refractivity contribution in [1.29, 1.82) is 0 Å². The first-order valence-electron chi connectivity index (χ1n) is 7.76. The van der Waals surface area contributed by atoms with Gasteiger partial charge in [-0.2, -0.15) is 0 Å². The van der Waals surface area contributed by atoms with Crippen molar-refractivity contribution >= 4 is 46.3 Å². The number of phenols is 1. The lowest BCUT2D eigenvalue weighted by atomic mass is 10.1. The molecule has 25 heavy (non-hydrogen) atoms. The molecular formula is C17H19NO5S2. The van der Waals surface area contributed by atoms with Gasteiger partial charge in [0.2, 0.25) is 0 Å². The Morgan fingerprint density at radius 3 is 2.80 bits per heavy atom. The molecule has 1 unspecified atom stereocenters. The predicted molar refractivity (Wildman–Crippen MR) is 101 cm³/mol. The Labute approximate surface area is 155 Å². The third kappa shape index (κ3) is 4.32. The van der Waals surface area contributed by atoms with Gasteiger partial charge in [0.05, 0.1) is 12.0 Å². The number of carbonyl (C=O) groups is 2. The fraction of sp³-hybridized carbons (Fsp3) is 0.353. The summed E-state index contributed by atoms with van der Waals surface area (Å²) in [6.45, 7) is 1.96. The first-order valence-corrected chi connectivity index (χ1v) is 8.98. The van der Waals surface area contributed by atoms with Crippen molar-refractivity contribution in [2.24, 2.45) is 0 Å². The van der Waals surface area contributed by atoms with Gasteiger partial charge in [-0.1, -0.05) is 49.8 Å². The summed E-state index contributed by atoms with van der Waals surface area (Å²) in [7, 11) is 1.43. The monoisotopic (exact) mass is 381 g/mol. The van der Waals surface area contributed by atoms with E-state index in [0.717, 1.165) is 18.2 Å². The molecule has 1 aliphatic rings. The first kappa shape index (κ1) is 19.3. The summed E-state index contributed by atoms with van der Waals surface area (Å²) in [6.07, 6.45) is 3.50. The Bertz CT molecular complexity index is 732. The van der Waals surface area contributed by atoms with E-state index in [1.807, 2.05) is 6.92 Å². The van der Waals surface area contributed by atoms with E-state index < -0.39 is 17.9 Å². The van der Waals surface area contributed by atoms with Crippen molar-refractivity contribution in [2.75, 3.05) is 7.11 Å². The number of nitrogens with zero attached hydrogens (tertiary/aromatic N) is 1. The number of thioether (sulfide) groups is 1. The van der Waals surface area contributed by atoms with Gasteiger partial charge in [-0.3, -0.25) is 9.69 Å². The van der Waals surface area contributed by atoms with Gasteiger partial charge in [0, 0.05) is 0 Å². The molecule has 0 bridgehead atoms. The highest BCUT2D eigenvalue weighted by Crippen LogP contribution is 2.36. The van der Waals surface area contributed by atoms with E-state index in [1.165, 1.54) is 18.1 Å². The molecule has 1 saturated heterocycles. The van der Waals surface area contributed by atoms with Gasteiger partial charge in [0.15, 0.2) is 11.5 Å². The number of hydrogen-bond donors (Lipinski definition) is 2. The number of hydrogen-bond acceptors (Lipinski definition) is 6. The SMILES string of the molecule is CCCCC(C(=O)O)N1C(=O)/C(=C/c2ccc(O)c(OC)c2)SC1=S. The second kappa shape index (κ2) is 8.35. The summed E-state index contributed by atoms with van der Waals surface area (Å²) in [5, 5.41) is 19.1. The van der Waals surface area contributed by atoms with Gasteiger partial charge < -0.3 is 14.9 Å². The van der Waals surface area contributed by atoms with E-state index in [9.17, 15) is 19.8 Å². The number of benzene rings is 1. The number of thiocarbonyl (C=S) groups is 1. The van der Waals surface area contributed by atoms with Crippen LogP contribution < -0.4 is 4.74 Å². The van der Waals surface area contributed by atoms with Crippen molar-refractivity contribution in [3.8, 4) is 11.5 Å². The average Bonchev–Trinajstić information content (AvgIpc) is 2.84. The van der Waals surface area contributed by atoms with Crippen molar-refractivity contribution in [2.45, 2.75) is 32.2 Å². The highest BCUT2D eigenvalue weighted by atomic mass is 32.2. The fourth-order valence-electron chi connectivity index (χ4n) is 2.44. The Morgan fingerprint density at radius 1 is 1.48 bits per heavy atom. The Hall–Kier alpha value is -2.06. The number of amides is 1. The minimum Gasteiger partial charge on any atom is -0.504 e. The molecule has 1 fully saturated rings. The molecule has 1 aromatic rings. The smallest absolute Gasteiger partial charge is 0.326 e. The van der Waals surface area contributed by atoms with E-state index in [-0.39, 0.29) is 15.8 Å². The minimum atomic E-state index is -1.06. The van der Waals surface area contributed by atoms with Crippen molar-refractivity contribution in [3.63, 3.8) is 0 Å². The number of carbonyl (C=O) groups excluding carboxylic acids is 1. The van der Waals surface area contributed by atoms with Crippen LogP contribution in [0.25, 0.3) is 6.08 Å². The molecular weight excluding hydrogens is 362 g/mol. The molecule has 2 N–H and O–H groups in total. The second-order valence-electron chi connectivity index (χ2n) is 5.48. The summed E-state index contributed by atoms with van der Waals surface area (Å²) in [5.41, 5.74) is 0.649.